The Balaban J connectivity index is 2.54. The number of nitrogen functional groups attached to an aromatic ring is 1. The van der Waals surface area contributed by atoms with Gasteiger partial charge in [0.2, 0.25) is 0 Å². The predicted octanol–water partition coefficient (Wildman–Crippen LogP) is 1.71. The van der Waals surface area contributed by atoms with E-state index in [4.69, 9.17) is 10.5 Å². The molecule has 1 aromatic heterocycles. The van der Waals surface area contributed by atoms with Gasteiger partial charge in [-0.1, -0.05) is 0 Å². The quantitative estimate of drug-likeness (QED) is 0.625. The Kier molecular flexibility index (Phi) is 4.42. The molecule has 82 valence electrons. The minimum Gasteiger partial charge on any atom is -0.465 e. The van der Waals surface area contributed by atoms with Crippen LogP contribution in [-0.2, 0) is 9.53 Å². The number of rotatable bonds is 4. The van der Waals surface area contributed by atoms with E-state index in [2.05, 4.69) is 4.98 Å². The molecule has 0 aliphatic rings. The van der Waals surface area contributed by atoms with Crippen LogP contribution in [0.4, 0.5) is 5.82 Å². The third-order valence-corrected chi connectivity index (χ3v) is 2.75. The van der Waals surface area contributed by atoms with E-state index in [-0.39, 0.29) is 11.2 Å². The fourth-order valence-corrected chi connectivity index (χ4v) is 1.81. The molecule has 1 rings (SSSR count). The number of anilines is 1. The lowest BCUT2D eigenvalue weighted by atomic mass is 10.5. The summed E-state index contributed by atoms with van der Waals surface area (Å²) in [4.78, 5) is 16.2. The van der Waals surface area contributed by atoms with Crippen molar-refractivity contribution >= 4 is 23.5 Å². The Morgan fingerprint density at radius 3 is 2.93 bits per heavy atom. The molecule has 0 saturated heterocycles. The van der Waals surface area contributed by atoms with Crippen molar-refractivity contribution in [2.75, 3.05) is 12.3 Å². The number of thioether (sulfide) groups is 1. The molecule has 0 amide bonds. The maximum absolute atomic E-state index is 11.3. The third kappa shape index (κ3) is 3.79. The molecule has 1 atom stereocenters. The standard InChI is InChI=1S/C10H14N2O2S/c1-3-14-10(13)7(2)15-8-4-5-9(11)12-6-8/h4-7H,3H2,1-2H3,(H2,11,12). The zero-order valence-corrected chi connectivity index (χ0v) is 9.58. The summed E-state index contributed by atoms with van der Waals surface area (Å²) in [5.74, 6) is 0.266. The Morgan fingerprint density at radius 1 is 1.67 bits per heavy atom. The van der Waals surface area contributed by atoms with Crippen molar-refractivity contribution in [2.24, 2.45) is 0 Å². The first-order valence-electron chi connectivity index (χ1n) is 4.68. The number of hydrogen-bond donors (Lipinski definition) is 1. The van der Waals surface area contributed by atoms with E-state index in [1.807, 2.05) is 6.07 Å². The van der Waals surface area contributed by atoms with Crippen LogP contribution in [0.1, 0.15) is 13.8 Å². The van der Waals surface area contributed by atoms with Crippen LogP contribution in [-0.4, -0.2) is 22.8 Å². The molecule has 0 saturated carbocycles. The molecule has 0 spiro atoms. The van der Waals surface area contributed by atoms with Crippen LogP contribution in [0, 0.1) is 0 Å². The van der Waals surface area contributed by atoms with Crippen LogP contribution in [0.2, 0.25) is 0 Å². The second kappa shape index (κ2) is 5.60. The number of nitrogens with zero attached hydrogens (tertiary/aromatic N) is 1. The van der Waals surface area contributed by atoms with Gasteiger partial charge in [-0.25, -0.2) is 4.98 Å². The SMILES string of the molecule is CCOC(=O)C(C)Sc1ccc(N)nc1. The molecule has 4 nitrogen and oxygen atoms in total. The van der Waals surface area contributed by atoms with Gasteiger partial charge in [-0.15, -0.1) is 11.8 Å². The van der Waals surface area contributed by atoms with E-state index < -0.39 is 0 Å². The molecule has 5 heteroatoms. The molecule has 1 heterocycles. The molecule has 1 aromatic rings. The predicted molar refractivity (Wildman–Crippen MR) is 60.6 cm³/mol. The van der Waals surface area contributed by atoms with Crippen LogP contribution >= 0.6 is 11.8 Å². The first kappa shape index (κ1) is 11.8. The topological polar surface area (TPSA) is 65.2 Å². The largest absolute Gasteiger partial charge is 0.465 e. The Hall–Kier alpha value is -1.23. The van der Waals surface area contributed by atoms with Crippen molar-refractivity contribution in [3.8, 4) is 0 Å². The fraction of sp³-hybridized carbons (Fsp3) is 0.400. The van der Waals surface area contributed by atoms with Crippen molar-refractivity contribution in [2.45, 2.75) is 24.0 Å². The summed E-state index contributed by atoms with van der Waals surface area (Å²) in [5.41, 5.74) is 5.45. The first-order valence-corrected chi connectivity index (χ1v) is 5.56. The van der Waals surface area contributed by atoms with Gasteiger partial charge in [0, 0.05) is 11.1 Å². The molecule has 0 fully saturated rings. The summed E-state index contributed by atoms with van der Waals surface area (Å²) in [5, 5.41) is -0.227. The minimum atomic E-state index is -0.227. The Labute approximate surface area is 93.2 Å². The Morgan fingerprint density at radius 2 is 2.40 bits per heavy atom. The second-order valence-corrected chi connectivity index (χ2v) is 4.35. The highest BCUT2D eigenvalue weighted by molar-refractivity contribution is 8.00. The van der Waals surface area contributed by atoms with Crippen molar-refractivity contribution in [1.29, 1.82) is 0 Å². The van der Waals surface area contributed by atoms with E-state index in [0.717, 1.165) is 4.90 Å². The molecule has 0 radical (unpaired) electrons. The number of esters is 1. The zero-order chi connectivity index (χ0) is 11.3. The minimum absolute atomic E-state index is 0.209. The Bertz CT molecular complexity index is 327. The molecule has 0 aliphatic carbocycles. The van der Waals surface area contributed by atoms with Crippen LogP contribution in [0.3, 0.4) is 0 Å². The monoisotopic (exact) mass is 226 g/mol. The lowest BCUT2D eigenvalue weighted by Crippen LogP contribution is -2.16. The average molecular weight is 226 g/mol. The summed E-state index contributed by atoms with van der Waals surface area (Å²) in [7, 11) is 0. The molecule has 1 unspecified atom stereocenters. The number of pyridine rings is 1. The number of aromatic nitrogens is 1. The summed E-state index contributed by atoms with van der Waals surface area (Å²) < 4.78 is 4.89. The maximum atomic E-state index is 11.3. The molecule has 15 heavy (non-hydrogen) atoms. The van der Waals surface area contributed by atoms with Gasteiger partial charge in [0.25, 0.3) is 0 Å². The number of ether oxygens (including phenoxy) is 1. The van der Waals surface area contributed by atoms with Gasteiger partial charge in [-0.2, -0.15) is 0 Å². The van der Waals surface area contributed by atoms with Crippen molar-refractivity contribution in [1.82, 2.24) is 4.98 Å². The number of carbonyl (C=O) groups is 1. The van der Waals surface area contributed by atoms with Crippen LogP contribution < -0.4 is 5.73 Å². The van der Waals surface area contributed by atoms with Gasteiger partial charge in [-0.05, 0) is 26.0 Å². The summed E-state index contributed by atoms with van der Waals surface area (Å²) in [6, 6.07) is 3.54. The van der Waals surface area contributed by atoms with Gasteiger partial charge in [0.05, 0.1) is 6.61 Å². The summed E-state index contributed by atoms with van der Waals surface area (Å²) >= 11 is 1.41. The number of hydrogen-bond acceptors (Lipinski definition) is 5. The lowest BCUT2D eigenvalue weighted by Gasteiger charge is -2.09. The molecule has 0 aromatic carbocycles. The van der Waals surface area contributed by atoms with Crippen molar-refractivity contribution in [3.05, 3.63) is 18.3 Å². The van der Waals surface area contributed by atoms with Gasteiger partial charge in [0.1, 0.15) is 11.1 Å². The molecule has 2 N–H and O–H groups in total. The highest BCUT2D eigenvalue weighted by Gasteiger charge is 2.15. The van der Waals surface area contributed by atoms with Crippen LogP contribution in [0.5, 0.6) is 0 Å². The number of carbonyl (C=O) groups excluding carboxylic acids is 1. The highest BCUT2D eigenvalue weighted by atomic mass is 32.2. The van der Waals surface area contributed by atoms with E-state index in [1.54, 1.807) is 26.1 Å². The van der Waals surface area contributed by atoms with Gasteiger partial charge >= 0.3 is 5.97 Å². The van der Waals surface area contributed by atoms with E-state index in [0.29, 0.717) is 12.4 Å². The fourth-order valence-electron chi connectivity index (χ4n) is 0.973. The van der Waals surface area contributed by atoms with Gasteiger partial charge < -0.3 is 10.5 Å². The highest BCUT2D eigenvalue weighted by Crippen LogP contribution is 2.23. The second-order valence-electron chi connectivity index (χ2n) is 2.93. The third-order valence-electron chi connectivity index (χ3n) is 1.69. The molecular weight excluding hydrogens is 212 g/mol. The van der Waals surface area contributed by atoms with Crippen LogP contribution in [0.25, 0.3) is 0 Å². The van der Waals surface area contributed by atoms with Crippen LogP contribution in [0.15, 0.2) is 23.2 Å². The maximum Gasteiger partial charge on any atom is 0.319 e. The molecule has 0 bridgehead atoms. The lowest BCUT2D eigenvalue weighted by molar-refractivity contribution is -0.142. The van der Waals surface area contributed by atoms with E-state index >= 15 is 0 Å². The van der Waals surface area contributed by atoms with Gasteiger partial charge in [-0.3, -0.25) is 4.79 Å². The normalized spacial score (nSPS) is 12.1. The van der Waals surface area contributed by atoms with Crippen molar-refractivity contribution < 1.29 is 9.53 Å². The number of nitrogens with two attached hydrogens (primary N) is 1. The smallest absolute Gasteiger partial charge is 0.319 e. The average Bonchev–Trinajstić information content (AvgIpc) is 2.22. The van der Waals surface area contributed by atoms with E-state index in [9.17, 15) is 4.79 Å². The van der Waals surface area contributed by atoms with E-state index in [1.165, 1.54) is 11.8 Å². The summed E-state index contributed by atoms with van der Waals surface area (Å²) in [6.07, 6.45) is 1.65. The molecular formula is C10H14N2O2S. The van der Waals surface area contributed by atoms with Gasteiger partial charge in [0.15, 0.2) is 0 Å². The zero-order valence-electron chi connectivity index (χ0n) is 8.77. The van der Waals surface area contributed by atoms with Crippen molar-refractivity contribution in [3.63, 3.8) is 0 Å². The first-order chi connectivity index (χ1) is 7.13. The summed E-state index contributed by atoms with van der Waals surface area (Å²) in [6.45, 7) is 4.00. The molecule has 0 aliphatic heterocycles.